The molecule has 0 unspecified atom stereocenters. The number of aromatic nitrogens is 2. The molecule has 0 saturated carbocycles. The number of nitriles is 1. The molecule has 0 fully saturated rings. The lowest BCUT2D eigenvalue weighted by molar-refractivity contribution is 0.859. The molecule has 3 aromatic rings. The van der Waals surface area contributed by atoms with E-state index in [9.17, 15) is 0 Å². The molecule has 0 aliphatic carbocycles. The summed E-state index contributed by atoms with van der Waals surface area (Å²) in [5.41, 5.74) is 4.10. The van der Waals surface area contributed by atoms with Crippen molar-refractivity contribution in [2.24, 2.45) is 0 Å². The minimum absolute atomic E-state index is 0.620. The van der Waals surface area contributed by atoms with Gasteiger partial charge in [0.05, 0.1) is 17.1 Å². The maximum atomic E-state index is 9.04. The van der Waals surface area contributed by atoms with Crippen LogP contribution >= 0.6 is 0 Å². The Morgan fingerprint density at radius 2 is 1.91 bits per heavy atom. The molecule has 0 spiro atoms. The van der Waals surface area contributed by atoms with E-state index in [2.05, 4.69) is 52.5 Å². The predicted octanol–water partition coefficient (Wildman–Crippen LogP) is 3.85. The average Bonchev–Trinajstić information content (AvgIpc) is 2.60. The lowest BCUT2D eigenvalue weighted by atomic mass is 10.1. The first-order valence-corrected chi connectivity index (χ1v) is 7.70. The first kappa shape index (κ1) is 15.0. The number of hydrogen-bond donors (Lipinski definition) is 1. The van der Waals surface area contributed by atoms with Gasteiger partial charge in [-0.05, 0) is 43.5 Å². The fraction of sp³-hybridized carbons (Fsp3) is 0.211. The van der Waals surface area contributed by atoms with Crippen molar-refractivity contribution in [1.82, 2.24) is 9.97 Å². The van der Waals surface area contributed by atoms with E-state index in [0.717, 1.165) is 36.1 Å². The summed E-state index contributed by atoms with van der Waals surface area (Å²) in [7, 11) is 0. The van der Waals surface area contributed by atoms with Gasteiger partial charge in [-0.2, -0.15) is 5.26 Å². The summed E-state index contributed by atoms with van der Waals surface area (Å²) < 4.78 is 0. The Labute approximate surface area is 135 Å². The highest BCUT2D eigenvalue weighted by Crippen LogP contribution is 2.20. The Kier molecular flexibility index (Phi) is 4.49. The number of anilines is 1. The van der Waals surface area contributed by atoms with Gasteiger partial charge in [-0.15, -0.1) is 0 Å². The van der Waals surface area contributed by atoms with Gasteiger partial charge in [0.25, 0.3) is 0 Å². The van der Waals surface area contributed by atoms with Gasteiger partial charge in [0.1, 0.15) is 12.1 Å². The first-order chi connectivity index (χ1) is 11.3. The van der Waals surface area contributed by atoms with E-state index in [1.54, 1.807) is 12.4 Å². The molecule has 3 rings (SSSR count). The lowest BCUT2D eigenvalue weighted by Crippen LogP contribution is -2.05. The Hall–Kier alpha value is -2.93. The smallest absolute Gasteiger partial charge is 0.137 e. The average molecular weight is 302 g/mol. The van der Waals surface area contributed by atoms with Crippen molar-refractivity contribution in [2.75, 3.05) is 11.9 Å². The van der Waals surface area contributed by atoms with Crippen molar-refractivity contribution in [1.29, 1.82) is 5.26 Å². The fourth-order valence-electron chi connectivity index (χ4n) is 2.52. The van der Waals surface area contributed by atoms with E-state index in [1.165, 1.54) is 11.1 Å². The third-order valence-electron chi connectivity index (χ3n) is 3.82. The standard InChI is InChI=1S/C19H18N4/c1-14-4-6-15(7-5-14)3-2-10-21-19-17-11-16(12-20)8-9-18(17)22-13-23-19/h4-9,11,13H,2-3,10H2,1H3,(H,21,22,23). The topological polar surface area (TPSA) is 61.6 Å². The maximum Gasteiger partial charge on any atom is 0.137 e. The summed E-state index contributed by atoms with van der Waals surface area (Å²) in [4.78, 5) is 8.55. The van der Waals surface area contributed by atoms with E-state index in [4.69, 9.17) is 5.26 Å². The largest absolute Gasteiger partial charge is 0.369 e. The third kappa shape index (κ3) is 3.64. The second kappa shape index (κ2) is 6.89. The molecule has 0 atom stereocenters. The maximum absolute atomic E-state index is 9.04. The lowest BCUT2D eigenvalue weighted by Gasteiger charge is -2.08. The summed E-state index contributed by atoms with van der Waals surface area (Å²) in [6.45, 7) is 2.93. The highest BCUT2D eigenvalue weighted by molar-refractivity contribution is 5.89. The molecule has 1 N–H and O–H groups in total. The second-order valence-electron chi connectivity index (χ2n) is 5.58. The van der Waals surface area contributed by atoms with Gasteiger partial charge < -0.3 is 5.32 Å². The number of rotatable bonds is 5. The second-order valence-corrected chi connectivity index (χ2v) is 5.58. The zero-order valence-electron chi connectivity index (χ0n) is 13.1. The Morgan fingerprint density at radius 1 is 1.09 bits per heavy atom. The van der Waals surface area contributed by atoms with Crippen molar-refractivity contribution in [2.45, 2.75) is 19.8 Å². The summed E-state index contributed by atoms with van der Waals surface area (Å²) in [6, 6.07) is 16.3. The van der Waals surface area contributed by atoms with Gasteiger partial charge in [0.15, 0.2) is 0 Å². The van der Waals surface area contributed by atoms with Crippen molar-refractivity contribution in [3.05, 3.63) is 65.5 Å². The highest BCUT2D eigenvalue weighted by Gasteiger charge is 2.04. The molecule has 0 bridgehead atoms. The number of aryl methyl sites for hydroxylation is 2. The quantitative estimate of drug-likeness (QED) is 0.727. The minimum atomic E-state index is 0.620. The number of fused-ring (bicyclic) bond motifs is 1. The van der Waals surface area contributed by atoms with Crippen LogP contribution in [0.4, 0.5) is 5.82 Å². The number of benzene rings is 2. The molecule has 0 saturated heterocycles. The summed E-state index contributed by atoms with van der Waals surface area (Å²) >= 11 is 0. The van der Waals surface area contributed by atoms with E-state index >= 15 is 0 Å². The van der Waals surface area contributed by atoms with Crippen molar-refractivity contribution < 1.29 is 0 Å². The van der Waals surface area contributed by atoms with Crippen LogP contribution in [0.15, 0.2) is 48.8 Å². The molecule has 1 aromatic heterocycles. The van der Waals surface area contributed by atoms with Gasteiger partial charge >= 0.3 is 0 Å². The van der Waals surface area contributed by atoms with E-state index in [-0.39, 0.29) is 0 Å². The minimum Gasteiger partial charge on any atom is -0.369 e. The van der Waals surface area contributed by atoms with Crippen LogP contribution in [-0.4, -0.2) is 16.5 Å². The molecule has 2 aromatic carbocycles. The van der Waals surface area contributed by atoms with Crippen LogP contribution < -0.4 is 5.32 Å². The van der Waals surface area contributed by atoms with Gasteiger partial charge in [0.2, 0.25) is 0 Å². The molecule has 4 nitrogen and oxygen atoms in total. The van der Waals surface area contributed by atoms with Gasteiger partial charge in [-0.25, -0.2) is 9.97 Å². The SMILES string of the molecule is Cc1ccc(CCCNc2ncnc3ccc(C#N)cc23)cc1. The molecule has 0 radical (unpaired) electrons. The van der Waals surface area contributed by atoms with Gasteiger partial charge in [-0.3, -0.25) is 0 Å². The zero-order valence-corrected chi connectivity index (χ0v) is 13.1. The van der Waals surface area contributed by atoms with Crippen LogP contribution in [0.3, 0.4) is 0 Å². The molecule has 114 valence electrons. The number of nitrogens with zero attached hydrogens (tertiary/aromatic N) is 3. The van der Waals surface area contributed by atoms with Crippen molar-refractivity contribution >= 4 is 16.7 Å². The van der Waals surface area contributed by atoms with Gasteiger partial charge in [-0.1, -0.05) is 29.8 Å². The van der Waals surface area contributed by atoms with E-state index in [1.807, 2.05) is 12.1 Å². The summed E-state index contributed by atoms with van der Waals surface area (Å²) in [6.07, 6.45) is 3.60. The molecule has 4 heteroatoms. The van der Waals surface area contributed by atoms with E-state index < -0.39 is 0 Å². The molecule has 23 heavy (non-hydrogen) atoms. The molecule has 0 aliphatic rings. The first-order valence-electron chi connectivity index (χ1n) is 7.70. The Bertz CT molecular complexity index is 847. The molecule has 0 amide bonds. The fourth-order valence-corrected chi connectivity index (χ4v) is 2.52. The van der Waals surface area contributed by atoms with Crippen molar-refractivity contribution in [3.63, 3.8) is 0 Å². The highest BCUT2D eigenvalue weighted by atomic mass is 15.0. The van der Waals surface area contributed by atoms with Crippen LogP contribution in [0, 0.1) is 18.3 Å². The zero-order chi connectivity index (χ0) is 16.1. The van der Waals surface area contributed by atoms with Crippen LogP contribution in [0.2, 0.25) is 0 Å². The Balaban J connectivity index is 1.65. The monoisotopic (exact) mass is 302 g/mol. The van der Waals surface area contributed by atoms with Crippen LogP contribution in [0.1, 0.15) is 23.1 Å². The summed E-state index contributed by atoms with van der Waals surface area (Å²) in [5, 5.41) is 13.3. The molecular weight excluding hydrogens is 284 g/mol. The van der Waals surface area contributed by atoms with Crippen LogP contribution in [0.5, 0.6) is 0 Å². The van der Waals surface area contributed by atoms with Crippen LogP contribution in [-0.2, 0) is 6.42 Å². The summed E-state index contributed by atoms with van der Waals surface area (Å²) in [5.74, 6) is 0.788. The molecular formula is C19H18N4. The molecule has 0 aliphatic heterocycles. The normalized spacial score (nSPS) is 10.4. The van der Waals surface area contributed by atoms with Gasteiger partial charge in [0, 0.05) is 11.9 Å². The van der Waals surface area contributed by atoms with E-state index in [0.29, 0.717) is 5.56 Å². The third-order valence-corrected chi connectivity index (χ3v) is 3.82. The Morgan fingerprint density at radius 3 is 2.70 bits per heavy atom. The number of nitrogens with one attached hydrogen (secondary N) is 1. The number of hydrogen-bond acceptors (Lipinski definition) is 4. The van der Waals surface area contributed by atoms with Crippen LogP contribution in [0.25, 0.3) is 10.9 Å². The predicted molar refractivity (Wildman–Crippen MR) is 92.2 cm³/mol. The van der Waals surface area contributed by atoms with Crippen molar-refractivity contribution in [3.8, 4) is 6.07 Å². The molecule has 1 heterocycles.